The summed E-state index contributed by atoms with van der Waals surface area (Å²) in [6.45, 7) is 2.93. The Labute approximate surface area is 162 Å². The molecule has 28 heavy (non-hydrogen) atoms. The van der Waals surface area contributed by atoms with Crippen molar-refractivity contribution in [1.29, 1.82) is 0 Å². The minimum atomic E-state index is -1.42. The van der Waals surface area contributed by atoms with Gasteiger partial charge in [-0.15, -0.1) is 0 Å². The van der Waals surface area contributed by atoms with Crippen LogP contribution in [0.15, 0.2) is 36.4 Å². The number of rotatable bonds is 5. The summed E-state index contributed by atoms with van der Waals surface area (Å²) in [5.74, 6) is -0.575. The predicted molar refractivity (Wildman–Crippen MR) is 102 cm³/mol. The Morgan fingerprint density at radius 3 is 2.43 bits per heavy atom. The van der Waals surface area contributed by atoms with Crippen molar-refractivity contribution >= 4 is 11.9 Å². The molecule has 0 saturated heterocycles. The smallest absolute Gasteiger partial charge is 0.193 e. The monoisotopic (exact) mass is 386 g/mol. The summed E-state index contributed by atoms with van der Waals surface area (Å²) in [5.41, 5.74) is -0.651. The van der Waals surface area contributed by atoms with Crippen LogP contribution in [0, 0.1) is 0 Å². The van der Waals surface area contributed by atoms with E-state index in [9.17, 15) is 25.2 Å². The van der Waals surface area contributed by atoms with Crippen LogP contribution in [-0.4, -0.2) is 45.0 Å². The third kappa shape index (κ3) is 3.54. The number of aromatic hydroxyl groups is 2. The molecule has 2 aromatic carbocycles. The highest BCUT2D eigenvalue weighted by Crippen LogP contribution is 2.50. The maximum atomic E-state index is 12.9. The number of benzene rings is 2. The van der Waals surface area contributed by atoms with Crippen LogP contribution in [0.5, 0.6) is 23.0 Å². The molecule has 0 aromatic heterocycles. The number of phenols is 2. The Kier molecular flexibility index (Phi) is 5.06. The Hall–Kier alpha value is -3.03. The number of methoxy groups -OCH3 is 1. The lowest BCUT2D eigenvalue weighted by molar-refractivity contribution is -0.0765. The third-order valence-corrected chi connectivity index (χ3v) is 4.57. The highest BCUT2D eigenvalue weighted by molar-refractivity contribution is 6.11. The summed E-state index contributed by atoms with van der Waals surface area (Å²) in [7, 11) is 1.35. The first-order chi connectivity index (χ1) is 13.1. The maximum absolute atomic E-state index is 12.9. The zero-order chi connectivity index (χ0) is 20.6. The lowest BCUT2D eigenvalue weighted by Gasteiger charge is -2.27. The Morgan fingerprint density at radius 1 is 1.21 bits per heavy atom. The molecule has 0 saturated carbocycles. The number of hydrogen-bond acceptors (Lipinski definition) is 7. The van der Waals surface area contributed by atoms with Gasteiger partial charge >= 0.3 is 0 Å². The topological polar surface area (TPSA) is 116 Å². The van der Waals surface area contributed by atoms with Gasteiger partial charge in [0, 0.05) is 6.07 Å². The van der Waals surface area contributed by atoms with Gasteiger partial charge < -0.3 is 29.9 Å². The quantitative estimate of drug-likeness (QED) is 0.461. The fraction of sp³-hybridized carbons (Fsp3) is 0.286. The fourth-order valence-corrected chi connectivity index (χ4v) is 3.15. The molecule has 0 radical (unpaired) electrons. The van der Waals surface area contributed by atoms with E-state index in [1.54, 1.807) is 18.2 Å². The van der Waals surface area contributed by atoms with Gasteiger partial charge in [0.2, 0.25) is 0 Å². The molecule has 2 atom stereocenters. The molecule has 0 fully saturated rings. The normalized spacial score (nSPS) is 18.8. The van der Waals surface area contributed by atoms with Gasteiger partial charge in [0.15, 0.2) is 11.9 Å². The number of hydrogen-bond donors (Lipinski definition) is 4. The molecule has 4 N–H and O–H groups in total. The Morgan fingerprint density at radius 2 is 1.86 bits per heavy atom. The summed E-state index contributed by atoms with van der Waals surface area (Å²) >= 11 is 0. The van der Waals surface area contributed by atoms with Crippen LogP contribution in [-0.2, 0) is 0 Å². The summed E-state index contributed by atoms with van der Waals surface area (Å²) in [4.78, 5) is 12.9. The van der Waals surface area contributed by atoms with Gasteiger partial charge in [0.25, 0.3) is 0 Å². The second-order valence-electron chi connectivity index (χ2n) is 7.14. The number of carbonyl (C=O) groups is 1. The van der Waals surface area contributed by atoms with E-state index in [4.69, 9.17) is 9.47 Å². The second-order valence-corrected chi connectivity index (χ2v) is 7.14. The van der Waals surface area contributed by atoms with Crippen molar-refractivity contribution in [2.75, 3.05) is 7.11 Å². The van der Waals surface area contributed by atoms with Crippen molar-refractivity contribution in [2.24, 2.45) is 0 Å². The highest BCUT2D eigenvalue weighted by Gasteiger charge is 2.46. The largest absolute Gasteiger partial charge is 0.508 e. The van der Waals surface area contributed by atoms with Crippen LogP contribution in [0.3, 0.4) is 0 Å². The van der Waals surface area contributed by atoms with E-state index in [0.29, 0.717) is 5.56 Å². The van der Waals surface area contributed by atoms with Crippen LogP contribution >= 0.6 is 0 Å². The molecule has 0 aliphatic carbocycles. The van der Waals surface area contributed by atoms with Gasteiger partial charge in [-0.05, 0) is 37.6 Å². The van der Waals surface area contributed by atoms with E-state index >= 15 is 0 Å². The molecule has 148 valence electrons. The number of phenolic OH excluding ortho intramolecular Hbond substituents is 2. The van der Waals surface area contributed by atoms with Crippen molar-refractivity contribution in [3.05, 3.63) is 53.1 Å². The van der Waals surface area contributed by atoms with Crippen LogP contribution in [0.2, 0.25) is 0 Å². The van der Waals surface area contributed by atoms with E-state index in [1.807, 2.05) is 0 Å². The number of allylic oxidation sites excluding steroid dienone is 1. The van der Waals surface area contributed by atoms with Gasteiger partial charge in [-0.1, -0.05) is 18.2 Å². The maximum Gasteiger partial charge on any atom is 0.193 e. The summed E-state index contributed by atoms with van der Waals surface area (Å²) in [5, 5.41) is 40.4. The number of carbonyl (C=O) groups excluding carboxylic acids is 1. The summed E-state index contributed by atoms with van der Waals surface area (Å²) in [6.07, 6.45) is 0.482. The molecule has 2 aromatic rings. The minimum Gasteiger partial charge on any atom is -0.508 e. The number of ketones is 1. The molecular weight excluding hydrogens is 364 g/mol. The fourth-order valence-electron chi connectivity index (χ4n) is 3.15. The molecular formula is C21H22O7. The van der Waals surface area contributed by atoms with Crippen molar-refractivity contribution in [3.8, 4) is 23.0 Å². The first-order valence-corrected chi connectivity index (χ1v) is 8.66. The third-order valence-electron chi connectivity index (χ3n) is 4.57. The van der Waals surface area contributed by atoms with Crippen molar-refractivity contribution < 1.29 is 34.7 Å². The summed E-state index contributed by atoms with van der Waals surface area (Å²) < 4.78 is 10.9. The number of ether oxygens (including phenoxy) is 2. The van der Waals surface area contributed by atoms with Gasteiger partial charge in [0.1, 0.15) is 34.7 Å². The number of aliphatic hydroxyl groups excluding tert-OH is 1. The van der Waals surface area contributed by atoms with E-state index in [0.717, 1.165) is 0 Å². The molecule has 1 heterocycles. The molecule has 0 bridgehead atoms. The van der Waals surface area contributed by atoms with Gasteiger partial charge in [-0.3, -0.25) is 4.79 Å². The molecule has 1 aliphatic rings. The standard InChI is InChI=1S/C21H22O7/c1-21(2,26)20-18(25)17-14(24)10-15(27-3)16(19(17)28-20)13(23)9-6-11-4-7-12(22)8-5-11/h4-10,18,20,22,24-26H,1-3H3/b9-6+/t18-,20+/m1/s1. The molecule has 7 nitrogen and oxygen atoms in total. The van der Waals surface area contributed by atoms with Crippen molar-refractivity contribution in [2.45, 2.75) is 31.7 Å². The van der Waals surface area contributed by atoms with Crippen LogP contribution < -0.4 is 9.47 Å². The molecule has 1 aliphatic heterocycles. The molecule has 0 unspecified atom stereocenters. The van der Waals surface area contributed by atoms with E-state index in [2.05, 4.69) is 0 Å². The van der Waals surface area contributed by atoms with Gasteiger partial charge in [-0.2, -0.15) is 0 Å². The Balaban J connectivity index is 2.04. The van der Waals surface area contributed by atoms with Crippen LogP contribution in [0.1, 0.15) is 41.4 Å². The van der Waals surface area contributed by atoms with Crippen LogP contribution in [0.25, 0.3) is 6.08 Å². The summed E-state index contributed by atoms with van der Waals surface area (Å²) in [6, 6.07) is 7.51. The predicted octanol–water partition coefficient (Wildman–Crippen LogP) is 2.57. The van der Waals surface area contributed by atoms with Gasteiger partial charge in [-0.25, -0.2) is 0 Å². The highest BCUT2D eigenvalue weighted by atomic mass is 16.5. The zero-order valence-electron chi connectivity index (χ0n) is 15.7. The van der Waals surface area contributed by atoms with Crippen molar-refractivity contribution in [3.63, 3.8) is 0 Å². The average Bonchev–Trinajstić information content (AvgIpc) is 2.99. The number of fused-ring (bicyclic) bond motifs is 1. The molecule has 0 spiro atoms. The van der Waals surface area contributed by atoms with E-state index in [1.165, 1.54) is 45.2 Å². The lowest BCUT2D eigenvalue weighted by Crippen LogP contribution is -2.41. The molecule has 0 amide bonds. The van der Waals surface area contributed by atoms with E-state index in [-0.39, 0.29) is 34.1 Å². The average molecular weight is 386 g/mol. The van der Waals surface area contributed by atoms with E-state index < -0.39 is 23.6 Å². The first kappa shape index (κ1) is 19.7. The Bertz CT molecular complexity index is 923. The van der Waals surface area contributed by atoms with Gasteiger partial charge in [0.05, 0.1) is 18.3 Å². The first-order valence-electron chi connectivity index (χ1n) is 8.66. The SMILES string of the molecule is COc1cc(O)c2c(c1C(=O)/C=C/c1ccc(O)cc1)O[C@H](C(C)(C)O)[C@@H]2O. The minimum absolute atomic E-state index is 0.0168. The molecule has 3 rings (SSSR count). The van der Waals surface area contributed by atoms with Crippen molar-refractivity contribution in [1.82, 2.24) is 0 Å². The molecule has 7 heteroatoms. The van der Waals surface area contributed by atoms with Crippen LogP contribution in [0.4, 0.5) is 0 Å². The number of aliphatic hydroxyl groups is 2. The lowest BCUT2D eigenvalue weighted by atomic mass is 9.93. The second kappa shape index (κ2) is 7.18. The zero-order valence-corrected chi connectivity index (χ0v) is 15.7.